The summed E-state index contributed by atoms with van der Waals surface area (Å²) >= 11 is 0. The van der Waals surface area contributed by atoms with E-state index in [2.05, 4.69) is 15.6 Å². The predicted octanol–water partition coefficient (Wildman–Crippen LogP) is 1.78. The normalized spacial score (nSPS) is 12.0. The molecule has 2 N–H and O–H groups in total. The Morgan fingerprint density at radius 3 is 2.62 bits per heavy atom. The molecule has 0 spiro atoms. The molecule has 0 radical (unpaired) electrons. The zero-order chi connectivity index (χ0) is 17.3. The summed E-state index contributed by atoms with van der Waals surface area (Å²) in [6.07, 6.45) is 0.663. The Labute approximate surface area is 161 Å². The second-order valence-electron chi connectivity index (χ2n) is 5.06. The maximum atomic E-state index is 13.1. The van der Waals surface area contributed by atoms with Crippen molar-refractivity contribution in [3.05, 3.63) is 35.6 Å². The fraction of sp³-hybridized carbons (Fsp3) is 0.533. The van der Waals surface area contributed by atoms with Crippen LogP contribution in [-0.2, 0) is 16.6 Å². The minimum Gasteiger partial charge on any atom is -0.356 e. The van der Waals surface area contributed by atoms with Gasteiger partial charge in [0.05, 0.1) is 5.75 Å². The highest BCUT2D eigenvalue weighted by Gasteiger charge is 2.13. The second-order valence-corrected chi connectivity index (χ2v) is 7.42. The number of nitrogens with one attached hydrogen (secondary N) is 2. The Balaban J connectivity index is 0.00000529. The third kappa shape index (κ3) is 8.25. The number of hydrogen-bond donors (Lipinski definition) is 2. The van der Waals surface area contributed by atoms with Crippen LogP contribution >= 0.6 is 24.0 Å². The van der Waals surface area contributed by atoms with Gasteiger partial charge in [0.1, 0.15) is 5.82 Å². The highest BCUT2D eigenvalue weighted by Crippen LogP contribution is 2.02. The molecule has 0 heterocycles. The topological polar surface area (TPSA) is 73.8 Å². The molecule has 6 nitrogen and oxygen atoms in total. The molecule has 1 aromatic carbocycles. The molecule has 0 saturated carbocycles. The van der Waals surface area contributed by atoms with Crippen LogP contribution in [0, 0.1) is 5.82 Å². The lowest BCUT2D eigenvalue weighted by Crippen LogP contribution is -2.38. The van der Waals surface area contributed by atoms with E-state index in [9.17, 15) is 12.8 Å². The molecule has 1 aromatic rings. The minimum absolute atomic E-state index is 0. The molecule has 0 aliphatic rings. The third-order valence-electron chi connectivity index (χ3n) is 3.35. The van der Waals surface area contributed by atoms with Crippen LogP contribution in [0.15, 0.2) is 29.3 Å². The predicted molar refractivity (Wildman–Crippen MR) is 107 cm³/mol. The molecule has 0 aromatic heterocycles. The molecular weight excluding hydrogens is 446 g/mol. The van der Waals surface area contributed by atoms with Gasteiger partial charge in [0.2, 0.25) is 10.0 Å². The van der Waals surface area contributed by atoms with Crippen molar-refractivity contribution in [2.75, 3.05) is 32.9 Å². The summed E-state index contributed by atoms with van der Waals surface area (Å²) in [5.41, 5.74) is 0.821. The lowest BCUT2D eigenvalue weighted by Gasteiger charge is -2.17. The number of aliphatic imine (C=N–C) groups is 1. The van der Waals surface area contributed by atoms with E-state index in [4.69, 9.17) is 0 Å². The molecule has 0 bridgehead atoms. The van der Waals surface area contributed by atoms with Crippen LogP contribution in [0.25, 0.3) is 0 Å². The van der Waals surface area contributed by atoms with Crippen LogP contribution in [0.4, 0.5) is 4.39 Å². The van der Waals surface area contributed by atoms with Crippen molar-refractivity contribution in [3.63, 3.8) is 0 Å². The van der Waals surface area contributed by atoms with Gasteiger partial charge in [-0.2, -0.15) is 0 Å². The number of guanidine groups is 1. The highest BCUT2D eigenvalue weighted by molar-refractivity contribution is 14.0. The third-order valence-corrected chi connectivity index (χ3v) is 5.22. The van der Waals surface area contributed by atoms with E-state index in [1.165, 1.54) is 16.4 Å². The fourth-order valence-electron chi connectivity index (χ4n) is 1.92. The quantitative estimate of drug-likeness (QED) is 0.262. The van der Waals surface area contributed by atoms with Crippen LogP contribution in [-0.4, -0.2) is 51.6 Å². The van der Waals surface area contributed by atoms with E-state index in [-0.39, 0.29) is 35.5 Å². The zero-order valence-electron chi connectivity index (χ0n) is 14.3. The summed E-state index contributed by atoms with van der Waals surface area (Å²) in [6.45, 7) is 3.13. The van der Waals surface area contributed by atoms with Gasteiger partial charge in [-0.05, 0) is 31.0 Å². The lowest BCUT2D eigenvalue weighted by atomic mass is 10.2. The van der Waals surface area contributed by atoms with Gasteiger partial charge in [0, 0.05) is 33.7 Å². The minimum atomic E-state index is -3.13. The first-order valence-electron chi connectivity index (χ1n) is 7.52. The molecule has 0 aliphatic heterocycles. The highest BCUT2D eigenvalue weighted by atomic mass is 127. The molecule has 0 saturated heterocycles. The number of halogens is 2. The first kappa shape index (κ1) is 23.1. The van der Waals surface area contributed by atoms with Crippen molar-refractivity contribution < 1.29 is 12.8 Å². The van der Waals surface area contributed by atoms with Crippen molar-refractivity contribution in [1.82, 2.24) is 14.9 Å². The van der Waals surface area contributed by atoms with Crippen molar-refractivity contribution >= 4 is 40.0 Å². The molecule has 9 heteroatoms. The first-order chi connectivity index (χ1) is 10.9. The van der Waals surface area contributed by atoms with Crippen LogP contribution in [0.3, 0.4) is 0 Å². The van der Waals surface area contributed by atoms with E-state index in [0.717, 1.165) is 5.56 Å². The Morgan fingerprint density at radius 2 is 2.04 bits per heavy atom. The van der Waals surface area contributed by atoms with Gasteiger partial charge in [0.25, 0.3) is 0 Å². The maximum Gasteiger partial charge on any atom is 0.213 e. The Hall–Kier alpha value is -0.940. The number of rotatable bonds is 8. The van der Waals surface area contributed by atoms with E-state index >= 15 is 0 Å². The largest absolute Gasteiger partial charge is 0.356 e. The Kier molecular flexibility index (Phi) is 11.1. The average molecular weight is 472 g/mol. The van der Waals surface area contributed by atoms with Crippen molar-refractivity contribution in [3.8, 4) is 0 Å². The maximum absolute atomic E-state index is 13.1. The van der Waals surface area contributed by atoms with Gasteiger partial charge in [-0.1, -0.05) is 12.1 Å². The van der Waals surface area contributed by atoms with E-state index < -0.39 is 10.0 Å². The molecule has 1 rings (SSSR count). The lowest BCUT2D eigenvalue weighted by molar-refractivity contribution is 0.461. The molecule has 24 heavy (non-hydrogen) atoms. The summed E-state index contributed by atoms with van der Waals surface area (Å²) in [7, 11) is 0.0960. The molecule has 138 valence electrons. The zero-order valence-corrected chi connectivity index (χ0v) is 17.4. The Morgan fingerprint density at radius 1 is 1.33 bits per heavy atom. The fourth-order valence-corrected chi connectivity index (χ4v) is 2.77. The van der Waals surface area contributed by atoms with Crippen LogP contribution in [0.5, 0.6) is 0 Å². The van der Waals surface area contributed by atoms with Gasteiger partial charge in [-0.3, -0.25) is 4.99 Å². The summed E-state index contributed by atoms with van der Waals surface area (Å²) in [4.78, 5) is 4.08. The number of benzene rings is 1. The van der Waals surface area contributed by atoms with Gasteiger partial charge < -0.3 is 10.6 Å². The Bertz CT molecular complexity index is 626. The molecule has 0 atom stereocenters. The molecule has 0 aliphatic carbocycles. The van der Waals surface area contributed by atoms with Crippen molar-refractivity contribution in [2.24, 2.45) is 4.99 Å². The summed E-state index contributed by atoms with van der Waals surface area (Å²) in [6, 6.07) is 6.35. The number of sulfonamides is 1. The summed E-state index contributed by atoms with van der Waals surface area (Å²) in [5, 5.41) is 6.19. The van der Waals surface area contributed by atoms with E-state index in [0.29, 0.717) is 32.0 Å². The first-order valence-corrected chi connectivity index (χ1v) is 9.13. The molecule has 0 fully saturated rings. The molecular formula is C15H26FIN4O2S. The second kappa shape index (κ2) is 11.6. The van der Waals surface area contributed by atoms with Gasteiger partial charge in [0.15, 0.2) is 5.96 Å². The van der Waals surface area contributed by atoms with Crippen molar-refractivity contribution in [1.29, 1.82) is 0 Å². The van der Waals surface area contributed by atoms with E-state index in [1.807, 2.05) is 6.07 Å². The van der Waals surface area contributed by atoms with Crippen LogP contribution in [0.1, 0.15) is 18.9 Å². The number of hydrogen-bond acceptors (Lipinski definition) is 3. The standard InChI is InChI=1S/C15H25FN4O2S.HI/c1-4-23(21,22)20(3)10-6-9-18-15(17-2)19-12-13-7-5-8-14(16)11-13;/h5,7-8,11H,4,6,9-10,12H2,1-3H3,(H2,17,18,19);1H. The smallest absolute Gasteiger partial charge is 0.213 e. The van der Waals surface area contributed by atoms with Crippen molar-refractivity contribution in [2.45, 2.75) is 19.9 Å². The van der Waals surface area contributed by atoms with Crippen LogP contribution < -0.4 is 10.6 Å². The van der Waals surface area contributed by atoms with Gasteiger partial charge in [-0.25, -0.2) is 17.1 Å². The summed E-state index contributed by atoms with van der Waals surface area (Å²) in [5.74, 6) is 0.427. The SMILES string of the molecule is CCS(=O)(=O)N(C)CCCNC(=NC)NCc1cccc(F)c1.I. The molecule has 0 unspecified atom stereocenters. The van der Waals surface area contributed by atoms with Gasteiger partial charge >= 0.3 is 0 Å². The number of nitrogens with zero attached hydrogens (tertiary/aromatic N) is 2. The monoisotopic (exact) mass is 472 g/mol. The average Bonchev–Trinajstić information content (AvgIpc) is 2.54. The molecule has 0 amide bonds. The van der Waals surface area contributed by atoms with Gasteiger partial charge in [-0.15, -0.1) is 24.0 Å². The van der Waals surface area contributed by atoms with Crippen LogP contribution in [0.2, 0.25) is 0 Å². The summed E-state index contributed by atoms with van der Waals surface area (Å²) < 4.78 is 37.7. The van der Waals surface area contributed by atoms with E-state index in [1.54, 1.807) is 27.1 Å².